The zero-order valence-electron chi connectivity index (χ0n) is 31.4. The molecule has 0 aliphatic carbocycles. The van der Waals surface area contributed by atoms with Crippen molar-refractivity contribution < 1.29 is 19.2 Å². The number of hydrogen-bond donors (Lipinski definition) is 2. The lowest BCUT2D eigenvalue weighted by molar-refractivity contribution is -0.139. The normalized spacial score (nSPS) is 15.9. The monoisotopic (exact) mass is 708 g/mol. The first-order chi connectivity index (χ1) is 25.3. The topological polar surface area (TPSA) is 113 Å². The Morgan fingerprint density at radius 1 is 0.692 bits per heavy atom. The largest absolute Gasteiger partial charge is 0.352 e. The van der Waals surface area contributed by atoms with Gasteiger partial charge in [-0.05, 0) is 107 Å². The quantitative estimate of drug-likeness (QED) is 0.125. The summed E-state index contributed by atoms with van der Waals surface area (Å²) in [5.74, 6) is -1.83. The van der Waals surface area contributed by atoms with Gasteiger partial charge in [0, 0.05) is 37.3 Å². The van der Waals surface area contributed by atoms with Gasteiger partial charge in [-0.15, -0.1) is 0 Å². The molecule has 3 aromatic carbocycles. The first-order valence-electron chi connectivity index (χ1n) is 19.7. The molecule has 0 spiro atoms. The molecule has 8 nitrogen and oxygen atoms in total. The number of rotatable bonds is 15. The highest BCUT2D eigenvalue weighted by Gasteiger charge is 2.37. The molecule has 0 bridgehead atoms. The molecule has 8 heteroatoms. The predicted octanol–water partition coefficient (Wildman–Crippen LogP) is 7.54. The minimum Gasteiger partial charge on any atom is -0.352 e. The van der Waals surface area contributed by atoms with Crippen molar-refractivity contribution in [2.24, 2.45) is 5.73 Å². The molecule has 3 aromatic rings. The van der Waals surface area contributed by atoms with Crippen LogP contribution in [0.2, 0.25) is 0 Å². The maximum atomic E-state index is 13.9. The third-order valence-electron chi connectivity index (χ3n) is 10.4. The number of benzene rings is 3. The minimum atomic E-state index is -0.720. The lowest BCUT2D eigenvalue weighted by atomic mass is 9.96. The number of aryl methyl sites for hydroxylation is 2. The van der Waals surface area contributed by atoms with Gasteiger partial charge < -0.3 is 20.9 Å². The number of carbonyl (C=O) groups excluding carboxylic acids is 4. The average molecular weight is 709 g/mol. The van der Waals surface area contributed by atoms with Crippen molar-refractivity contribution in [2.45, 2.75) is 122 Å². The van der Waals surface area contributed by atoms with E-state index in [1.165, 1.54) is 16.0 Å². The summed E-state index contributed by atoms with van der Waals surface area (Å²) in [6, 6.07) is 27.0. The van der Waals surface area contributed by atoms with E-state index in [-0.39, 0.29) is 29.0 Å². The summed E-state index contributed by atoms with van der Waals surface area (Å²) >= 11 is 0. The number of nitrogens with one attached hydrogen (secondary N) is 1. The summed E-state index contributed by atoms with van der Waals surface area (Å²) in [6.45, 7) is 5.86. The van der Waals surface area contributed by atoms with E-state index < -0.39 is 17.7 Å². The van der Waals surface area contributed by atoms with Gasteiger partial charge in [0.25, 0.3) is 17.6 Å². The Hall–Kier alpha value is -4.30. The summed E-state index contributed by atoms with van der Waals surface area (Å²) < 4.78 is 0. The summed E-state index contributed by atoms with van der Waals surface area (Å²) in [7, 11) is 0. The van der Waals surface area contributed by atoms with Crippen LogP contribution in [0.1, 0.15) is 123 Å². The van der Waals surface area contributed by atoms with Gasteiger partial charge in [-0.25, -0.2) is 0 Å². The van der Waals surface area contributed by atoms with Crippen LogP contribution >= 0.6 is 0 Å². The highest BCUT2D eigenvalue weighted by molar-refractivity contribution is 6.44. The maximum absolute atomic E-state index is 13.9. The highest BCUT2D eigenvalue weighted by atomic mass is 16.2. The van der Waals surface area contributed by atoms with Crippen molar-refractivity contribution in [1.29, 1.82) is 0 Å². The van der Waals surface area contributed by atoms with Crippen LogP contribution in [0.3, 0.4) is 0 Å². The summed E-state index contributed by atoms with van der Waals surface area (Å²) in [5, 5.41) is 3.29. The summed E-state index contributed by atoms with van der Waals surface area (Å²) in [5.41, 5.74) is 8.40. The summed E-state index contributed by atoms with van der Waals surface area (Å²) in [4.78, 5) is 57.9. The van der Waals surface area contributed by atoms with Crippen LogP contribution in [0.4, 0.5) is 0 Å². The number of carbonyl (C=O) groups is 4. The molecular formula is C44H60N4O4. The van der Waals surface area contributed by atoms with Crippen LogP contribution in [0.5, 0.6) is 0 Å². The average Bonchev–Trinajstić information content (AvgIpc) is 3.21. The Morgan fingerprint density at radius 3 is 1.75 bits per heavy atom. The van der Waals surface area contributed by atoms with Crippen LogP contribution in [-0.4, -0.2) is 71.1 Å². The Bertz CT molecular complexity index is 1490. The van der Waals surface area contributed by atoms with Crippen LogP contribution in [0, 0.1) is 0 Å². The van der Waals surface area contributed by atoms with Gasteiger partial charge in [-0.3, -0.25) is 19.2 Å². The van der Waals surface area contributed by atoms with Crippen LogP contribution in [0.25, 0.3) is 0 Å². The Morgan fingerprint density at radius 2 is 1.21 bits per heavy atom. The van der Waals surface area contributed by atoms with Gasteiger partial charge in [0.05, 0.1) is 5.56 Å². The minimum absolute atomic E-state index is 0.0302. The van der Waals surface area contributed by atoms with E-state index >= 15 is 0 Å². The summed E-state index contributed by atoms with van der Waals surface area (Å²) in [6.07, 6.45) is 12.6. The molecule has 52 heavy (non-hydrogen) atoms. The van der Waals surface area contributed by atoms with E-state index in [4.69, 9.17) is 5.73 Å². The van der Waals surface area contributed by atoms with Gasteiger partial charge in [0.2, 0.25) is 5.91 Å². The maximum Gasteiger partial charge on any atom is 0.295 e. The fraction of sp³-hybridized carbons (Fsp3) is 0.500. The van der Waals surface area contributed by atoms with E-state index in [0.29, 0.717) is 32.1 Å². The number of hydrogen-bond acceptors (Lipinski definition) is 5. The lowest BCUT2D eigenvalue weighted by Gasteiger charge is -2.35. The number of nitrogens with zero attached hydrogens (tertiary/aromatic N) is 2. The highest BCUT2D eigenvalue weighted by Crippen LogP contribution is 2.23. The second kappa shape index (κ2) is 21.9. The SMILES string of the molecule is CCC(N)CC.O=C(C(=O)N1CCCCC1C(=O)NC(CCCc1ccccc1)CCCc1ccccc1)c1ccccc1C(=O)N1CCCCC1. The van der Waals surface area contributed by atoms with Crippen molar-refractivity contribution >= 4 is 23.5 Å². The zero-order chi connectivity index (χ0) is 37.1. The molecule has 1 unspecified atom stereocenters. The zero-order valence-corrected chi connectivity index (χ0v) is 31.4. The number of nitrogens with two attached hydrogens (primary N) is 1. The number of ketones is 1. The predicted molar refractivity (Wildman–Crippen MR) is 209 cm³/mol. The Kier molecular flexibility index (Phi) is 17.1. The molecule has 1 atom stereocenters. The van der Waals surface area contributed by atoms with Crippen LogP contribution < -0.4 is 11.1 Å². The van der Waals surface area contributed by atoms with E-state index in [9.17, 15) is 19.2 Å². The molecule has 280 valence electrons. The molecule has 0 saturated carbocycles. The van der Waals surface area contributed by atoms with Crippen molar-refractivity contribution in [1.82, 2.24) is 15.1 Å². The molecular weight excluding hydrogens is 649 g/mol. The fourth-order valence-corrected chi connectivity index (χ4v) is 7.10. The number of amides is 3. The standard InChI is InChI=1S/C39H47N3O4.C5H13N/c43-36(33-24-8-9-25-34(33)38(45)41-27-11-3-12-28-41)39(46)42-29-13-10-26-35(42)37(44)40-32(22-14-20-30-16-4-1-5-17-30)23-15-21-31-18-6-2-7-19-31;1-3-5(6)4-2/h1-2,4-9,16-19,24-25,32,35H,3,10-15,20-23,26-29H2,(H,40,44);5H,3-4,6H2,1-2H3. The molecule has 2 aliphatic heterocycles. The molecule has 2 fully saturated rings. The van der Waals surface area contributed by atoms with Gasteiger partial charge in [0.15, 0.2) is 0 Å². The molecule has 3 N–H and O–H groups in total. The van der Waals surface area contributed by atoms with Gasteiger partial charge in [-0.2, -0.15) is 0 Å². The molecule has 2 aliphatic rings. The smallest absolute Gasteiger partial charge is 0.295 e. The van der Waals surface area contributed by atoms with E-state index in [1.54, 1.807) is 29.2 Å². The Balaban J connectivity index is 0.000000929. The van der Waals surface area contributed by atoms with Gasteiger partial charge in [-0.1, -0.05) is 92.7 Å². The number of piperidine rings is 2. The lowest BCUT2D eigenvalue weighted by Crippen LogP contribution is -2.55. The van der Waals surface area contributed by atoms with Crippen molar-refractivity contribution in [3.05, 3.63) is 107 Å². The van der Waals surface area contributed by atoms with Gasteiger partial charge >= 0.3 is 0 Å². The van der Waals surface area contributed by atoms with Crippen molar-refractivity contribution in [3.8, 4) is 0 Å². The van der Waals surface area contributed by atoms with Gasteiger partial charge in [0.1, 0.15) is 6.04 Å². The Labute approximate surface area is 311 Å². The third-order valence-corrected chi connectivity index (χ3v) is 10.4. The van der Waals surface area contributed by atoms with Crippen LogP contribution in [-0.2, 0) is 22.4 Å². The number of Topliss-reactive ketones (excluding diaryl/α,β-unsaturated/α-hetero) is 1. The van der Waals surface area contributed by atoms with E-state index in [2.05, 4.69) is 43.4 Å². The fourth-order valence-electron chi connectivity index (χ4n) is 7.10. The third kappa shape index (κ3) is 12.4. The second-order valence-corrected chi connectivity index (χ2v) is 14.3. The molecule has 5 rings (SSSR count). The van der Waals surface area contributed by atoms with Crippen molar-refractivity contribution in [3.63, 3.8) is 0 Å². The van der Waals surface area contributed by atoms with Crippen molar-refractivity contribution in [2.75, 3.05) is 19.6 Å². The number of likely N-dealkylation sites (tertiary alicyclic amines) is 2. The molecule has 0 radical (unpaired) electrons. The molecule has 0 aromatic heterocycles. The van der Waals surface area contributed by atoms with E-state index in [0.717, 1.165) is 83.5 Å². The molecule has 2 heterocycles. The molecule has 3 amide bonds. The first-order valence-corrected chi connectivity index (χ1v) is 19.7. The van der Waals surface area contributed by atoms with Crippen LogP contribution in [0.15, 0.2) is 84.9 Å². The first kappa shape index (κ1) is 40.5. The van der Waals surface area contributed by atoms with E-state index in [1.807, 2.05) is 36.4 Å². The second-order valence-electron chi connectivity index (χ2n) is 14.3. The molecule has 2 saturated heterocycles.